The topological polar surface area (TPSA) is 26.0 Å². The third kappa shape index (κ3) is 2.80. The Hall–Kier alpha value is -1.60. The minimum Gasteiger partial charge on any atom is -0.324 e. The van der Waals surface area contributed by atoms with Crippen LogP contribution in [0, 0.1) is 5.41 Å². The van der Waals surface area contributed by atoms with Gasteiger partial charge >= 0.3 is 0 Å². The summed E-state index contributed by atoms with van der Waals surface area (Å²) in [6.07, 6.45) is 0. The van der Waals surface area contributed by atoms with Crippen LogP contribution in [-0.2, 0) is 0 Å². The molecule has 0 bridgehead atoms. The fourth-order valence-electron chi connectivity index (χ4n) is 2.01. The summed E-state index contributed by atoms with van der Waals surface area (Å²) in [7, 11) is 0. The maximum atomic E-state index is 6.26. The lowest BCUT2D eigenvalue weighted by atomic mass is 9.83. The van der Waals surface area contributed by atoms with Crippen LogP contribution in [0.3, 0.4) is 0 Å². The molecule has 2 rings (SSSR count). The zero-order chi connectivity index (χ0) is 13.2. The minimum absolute atomic E-state index is 0.0716. The van der Waals surface area contributed by atoms with Crippen molar-refractivity contribution in [3.05, 3.63) is 60.2 Å². The first-order chi connectivity index (χ1) is 8.48. The predicted octanol–water partition coefficient (Wildman–Crippen LogP) is 4.40. The Labute approximate surface area is 110 Å². The Morgan fingerprint density at radius 3 is 1.78 bits per heavy atom. The van der Waals surface area contributed by atoms with Crippen LogP contribution in [0.1, 0.15) is 32.4 Å². The van der Waals surface area contributed by atoms with Gasteiger partial charge in [-0.1, -0.05) is 75.4 Å². The summed E-state index contributed by atoms with van der Waals surface area (Å²) < 4.78 is 0. The van der Waals surface area contributed by atoms with E-state index in [-0.39, 0.29) is 11.5 Å². The summed E-state index contributed by atoms with van der Waals surface area (Å²) in [6, 6.07) is 19.0. The van der Waals surface area contributed by atoms with Gasteiger partial charge in [0.2, 0.25) is 0 Å². The largest absolute Gasteiger partial charge is 0.324 e. The zero-order valence-electron chi connectivity index (χ0n) is 11.4. The summed E-state index contributed by atoms with van der Waals surface area (Å²) in [5, 5.41) is 0. The molecule has 1 atom stereocenters. The Bertz CT molecular complexity index is 491. The lowest BCUT2D eigenvalue weighted by Crippen LogP contribution is -2.26. The van der Waals surface area contributed by atoms with Crippen molar-refractivity contribution in [2.24, 2.45) is 11.1 Å². The molecule has 0 unspecified atom stereocenters. The molecule has 0 amide bonds. The molecule has 0 aromatic heterocycles. The Morgan fingerprint density at radius 1 is 0.778 bits per heavy atom. The molecule has 18 heavy (non-hydrogen) atoms. The quantitative estimate of drug-likeness (QED) is 0.826. The second-order valence-corrected chi connectivity index (χ2v) is 5.83. The van der Waals surface area contributed by atoms with Crippen LogP contribution in [-0.4, -0.2) is 0 Å². The Morgan fingerprint density at radius 2 is 1.28 bits per heavy atom. The first-order valence-corrected chi connectivity index (χ1v) is 6.39. The number of hydrogen-bond acceptors (Lipinski definition) is 1. The van der Waals surface area contributed by atoms with Crippen molar-refractivity contribution in [2.45, 2.75) is 26.8 Å². The van der Waals surface area contributed by atoms with Crippen LogP contribution in [0.2, 0.25) is 0 Å². The van der Waals surface area contributed by atoms with E-state index >= 15 is 0 Å². The van der Waals surface area contributed by atoms with Gasteiger partial charge in [0, 0.05) is 6.04 Å². The van der Waals surface area contributed by atoms with E-state index in [1.165, 1.54) is 16.7 Å². The van der Waals surface area contributed by atoms with E-state index < -0.39 is 0 Å². The molecule has 2 N–H and O–H groups in total. The number of benzene rings is 2. The molecule has 94 valence electrons. The third-order valence-corrected chi connectivity index (χ3v) is 3.31. The lowest BCUT2D eigenvalue weighted by Gasteiger charge is -2.27. The van der Waals surface area contributed by atoms with Crippen LogP contribution >= 0.6 is 0 Å². The molecule has 0 aliphatic heterocycles. The first-order valence-electron chi connectivity index (χ1n) is 6.39. The molecule has 1 nitrogen and oxygen atoms in total. The van der Waals surface area contributed by atoms with Gasteiger partial charge in [0.05, 0.1) is 0 Å². The van der Waals surface area contributed by atoms with E-state index in [9.17, 15) is 0 Å². The molecular weight excluding hydrogens is 218 g/mol. The molecule has 1 heteroatoms. The van der Waals surface area contributed by atoms with Gasteiger partial charge in [-0.25, -0.2) is 0 Å². The Balaban J connectivity index is 2.26. The van der Waals surface area contributed by atoms with Crippen LogP contribution in [0.25, 0.3) is 11.1 Å². The average molecular weight is 239 g/mol. The number of rotatable bonds is 2. The van der Waals surface area contributed by atoms with Crippen molar-refractivity contribution in [1.82, 2.24) is 0 Å². The van der Waals surface area contributed by atoms with Crippen molar-refractivity contribution in [3.8, 4) is 11.1 Å². The summed E-state index contributed by atoms with van der Waals surface area (Å²) in [5.74, 6) is 0. The van der Waals surface area contributed by atoms with Crippen molar-refractivity contribution < 1.29 is 0 Å². The van der Waals surface area contributed by atoms with Gasteiger partial charge in [-0.15, -0.1) is 0 Å². The lowest BCUT2D eigenvalue weighted by molar-refractivity contribution is 0.327. The highest BCUT2D eigenvalue weighted by molar-refractivity contribution is 5.63. The highest BCUT2D eigenvalue weighted by atomic mass is 14.7. The molecule has 0 heterocycles. The summed E-state index contributed by atoms with van der Waals surface area (Å²) in [6.45, 7) is 6.51. The summed E-state index contributed by atoms with van der Waals surface area (Å²) >= 11 is 0. The maximum Gasteiger partial charge on any atom is 0.0344 e. The standard InChI is InChI=1S/C17H21N/c1-17(2,3)16(18)15-11-9-14(10-12-15)13-7-5-4-6-8-13/h4-12,16H,18H2,1-3H3/t16-/m1/s1. The fraction of sp³-hybridized carbons (Fsp3) is 0.294. The molecule has 2 aromatic carbocycles. The second-order valence-electron chi connectivity index (χ2n) is 5.83. The predicted molar refractivity (Wildman–Crippen MR) is 78.3 cm³/mol. The van der Waals surface area contributed by atoms with Gasteiger partial charge < -0.3 is 5.73 Å². The van der Waals surface area contributed by atoms with Crippen molar-refractivity contribution in [1.29, 1.82) is 0 Å². The van der Waals surface area contributed by atoms with Crippen LogP contribution in [0.5, 0.6) is 0 Å². The highest BCUT2D eigenvalue weighted by Gasteiger charge is 2.21. The zero-order valence-corrected chi connectivity index (χ0v) is 11.4. The third-order valence-electron chi connectivity index (χ3n) is 3.31. The van der Waals surface area contributed by atoms with E-state index in [1.807, 2.05) is 6.07 Å². The van der Waals surface area contributed by atoms with Gasteiger partial charge in [-0.05, 0) is 22.1 Å². The maximum absolute atomic E-state index is 6.26. The minimum atomic E-state index is 0.0716. The second kappa shape index (κ2) is 4.95. The van der Waals surface area contributed by atoms with Gasteiger partial charge in [0.25, 0.3) is 0 Å². The normalized spacial score (nSPS) is 13.3. The van der Waals surface area contributed by atoms with Crippen molar-refractivity contribution in [2.75, 3.05) is 0 Å². The van der Waals surface area contributed by atoms with E-state index in [4.69, 9.17) is 5.73 Å². The molecule has 0 saturated carbocycles. The monoisotopic (exact) mass is 239 g/mol. The number of nitrogens with two attached hydrogens (primary N) is 1. The van der Waals surface area contributed by atoms with Crippen molar-refractivity contribution in [3.63, 3.8) is 0 Å². The highest BCUT2D eigenvalue weighted by Crippen LogP contribution is 2.31. The molecule has 0 aliphatic rings. The Kier molecular flexibility index (Phi) is 3.53. The SMILES string of the molecule is CC(C)(C)[C@H](N)c1ccc(-c2ccccc2)cc1. The van der Waals surface area contributed by atoms with E-state index in [0.717, 1.165) is 0 Å². The van der Waals surface area contributed by atoms with Gasteiger partial charge in [0.1, 0.15) is 0 Å². The van der Waals surface area contributed by atoms with E-state index in [0.29, 0.717) is 0 Å². The molecule has 2 aromatic rings. The molecule has 0 aliphatic carbocycles. The van der Waals surface area contributed by atoms with Crippen LogP contribution < -0.4 is 5.73 Å². The molecule has 0 fully saturated rings. The van der Waals surface area contributed by atoms with E-state index in [2.05, 4.69) is 69.3 Å². The fourth-order valence-corrected chi connectivity index (χ4v) is 2.01. The van der Waals surface area contributed by atoms with Crippen molar-refractivity contribution >= 4 is 0 Å². The molecule has 0 spiro atoms. The summed E-state index contributed by atoms with van der Waals surface area (Å²) in [4.78, 5) is 0. The summed E-state index contributed by atoms with van der Waals surface area (Å²) in [5.41, 5.74) is 10.0. The molecule has 0 radical (unpaired) electrons. The average Bonchev–Trinajstić information content (AvgIpc) is 2.38. The molecular formula is C17H21N. The number of hydrogen-bond donors (Lipinski definition) is 1. The van der Waals surface area contributed by atoms with Gasteiger partial charge in [-0.2, -0.15) is 0 Å². The first kappa shape index (κ1) is 12.8. The smallest absolute Gasteiger partial charge is 0.0344 e. The van der Waals surface area contributed by atoms with Gasteiger partial charge in [-0.3, -0.25) is 0 Å². The van der Waals surface area contributed by atoms with Crippen LogP contribution in [0.15, 0.2) is 54.6 Å². The molecule has 0 saturated heterocycles. The van der Waals surface area contributed by atoms with E-state index in [1.54, 1.807) is 0 Å². The van der Waals surface area contributed by atoms with Crippen LogP contribution in [0.4, 0.5) is 0 Å². The van der Waals surface area contributed by atoms with Gasteiger partial charge in [0.15, 0.2) is 0 Å².